The number of aromatic hydroxyl groups is 1. The smallest absolute Gasteiger partial charge is 0.205 e. The van der Waals surface area contributed by atoms with Gasteiger partial charge in [0.25, 0.3) is 0 Å². The van der Waals surface area contributed by atoms with Gasteiger partial charge in [0.05, 0.1) is 12.5 Å². The van der Waals surface area contributed by atoms with E-state index in [1.54, 1.807) is 24.3 Å². The standard InChI is InChI=1S/C21H18N2O4/c1-3-9-26-17-8-5-13(10-19(17)25-4-2)20-15-7-6-14(24)11-18(15)27-21(23)16(20)12-22/h1,5-8,10-11,20,24H,4,9,23H2,2H3/t20-/m1/s1. The molecule has 3 N–H and O–H groups in total. The largest absolute Gasteiger partial charge is 0.508 e. The third-order valence-corrected chi connectivity index (χ3v) is 4.11. The molecular formula is C21H18N2O4. The number of ether oxygens (including phenoxy) is 3. The second-order valence-electron chi connectivity index (χ2n) is 5.78. The minimum absolute atomic E-state index is 0.00576. The summed E-state index contributed by atoms with van der Waals surface area (Å²) < 4.78 is 16.7. The van der Waals surface area contributed by atoms with Gasteiger partial charge in [-0.3, -0.25) is 0 Å². The maximum absolute atomic E-state index is 9.73. The van der Waals surface area contributed by atoms with Crippen LogP contribution in [0.2, 0.25) is 0 Å². The molecule has 0 saturated heterocycles. The van der Waals surface area contributed by atoms with Gasteiger partial charge in [0.2, 0.25) is 5.88 Å². The first-order chi connectivity index (χ1) is 13.1. The summed E-state index contributed by atoms with van der Waals surface area (Å²) >= 11 is 0. The number of phenolic OH excluding ortho intramolecular Hbond substituents is 1. The summed E-state index contributed by atoms with van der Waals surface area (Å²) in [6.45, 7) is 2.43. The number of terminal acetylenes is 1. The van der Waals surface area contributed by atoms with Crippen molar-refractivity contribution in [3.63, 3.8) is 0 Å². The fourth-order valence-electron chi connectivity index (χ4n) is 3.00. The van der Waals surface area contributed by atoms with Crippen LogP contribution in [0.1, 0.15) is 24.0 Å². The zero-order chi connectivity index (χ0) is 19.4. The van der Waals surface area contributed by atoms with Crippen molar-refractivity contribution in [2.24, 2.45) is 5.73 Å². The summed E-state index contributed by atoms with van der Waals surface area (Å²) in [6.07, 6.45) is 5.26. The third kappa shape index (κ3) is 3.47. The van der Waals surface area contributed by atoms with E-state index >= 15 is 0 Å². The van der Waals surface area contributed by atoms with Crippen LogP contribution in [0.3, 0.4) is 0 Å². The molecule has 2 aromatic rings. The van der Waals surface area contributed by atoms with Crippen LogP contribution >= 0.6 is 0 Å². The lowest BCUT2D eigenvalue weighted by Crippen LogP contribution is -2.21. The summed E-state index contributed by atoms with van der Waals surface area (Å²) in [4.78, 5) is 0. The van der Waals surface area contributed by atoms with Gasteiger partial charge in [-0.15, -0.1) is 6.42 Å². The summed E-state index contributed by atoms with van der Waals surface area (Å²) in [5.74, 6) is 3.46. The molecule has 0 spiro atoms. The van der Waals surface area contributed by atoms with Crippen LogP contribution in [0.25, 0.3) is 0 Å². The molecule has 0 radical (unpaired) electrons. The summed E-state index contributed by atoms with van der Waals surface area (Å²) in [6, 6.07) is 12.2. The maximum Gasteiger partial charge on any atom is 0.205 e. The number of rotatable bonds is 5. The molecule has 0 fully saturated rings. The van der Waals surface area contributed by atoms with E-state index < -0.39 is 5.92 Å². The van der Waals surface area contributed by atoms with Gasteiger partial charge >= 0.3 is 0 Å². The summed E-state index contributed by atoms with van der Waals surface area (Å²) in [7, 11) is 0. The van der Waals surface area contributed by atoms with Crippen LogP contribution in [0, 0.1) is 23.7 Å². The molecule has 1 aliphatic heterocycles. The van der Waals surface area contributed by atoms with E-state index in [0.717, 1.165) is 11.1 Å². The molecule has 136 valence electrons. The number of nitriles is 1. The monoisotopic (exact) mass is 362 g/mol. The molecule has 0 amide bonds. The van der Waals surface area contributed by atoms with Gasteiger partial charge in [0.15, 0.2) is 11.5 Å². The van der Waals surface area contributed by atoms with Crippen LogP contribution in [0.15, 0.2) is 47.9 Å². The molecule has 1 atom stereocenters. The molecule has 6 heteroatoms. The Hall–Kier alpha value is -3.77. The molecule has 1 aliphatic rings. The fourth-order valence-corrected chi connectivity index (χ4v) is 3.00. The highest BCUT2D eigenvalue weighted by Crippen LogP contribution is 2.44. The molecule has 0 bridgehead atoms. The highest BCUT2D eigenvalue weighted by molar-refractivity contribution is 5.58. The van der Waals surface area contributed by atoms with Gasteiger partial charge < -0.3 is 25.1 Å². The molecule has 0 unspecified atom stereocenters. The molecular weight excluding hydrogens is 344 g/mol. The fraction of sp³-hybridized carbons (Fsp3) is 0.190. The highest BCUT2D eigenvalue weighted by Gasteiger charge is 2.31. The molecule has 6 nitrogen and oxygen atoms in total. The lowest BCUT2D eigenvalue weighted by Gasteiger charge is -2.27. The zero-order valence-electron chi connectivity index (χ0n) is 14.7. The molecule has 2 aromatic carbocycles. The average Bonchev–Trinajstić information content (AvgIpc) is 2.66. The predicted molar refractivity (Wildman–Crippen MR) is 99.3 cm³/mol. The van der Waals surface area contributed by atoms with E-state index in [0.29, 0.717) is 23.9 Å². The van der Waals surface area contributed by atoms with Crippen LogP contribution < -0.4 is 19.9 Å². The first kappa shape index (κ1) is 18.0. The molecule has 0 aromatic heterocycles. The Balaban J connectivity index is 2.13. The van der Waals surface area contributed by atoms with Crippen LogP contribution in [0.5, 0.6) is 23.0 Å². The Kier molecular flexibility index (Phi) is 5.10. The number of fused-ring (bicyclic) bond motifs is 1. The first-order valence-corrected chi connectivity index (χ1v) is 8.32. The van der Waals surface area contributed by atoms with E-state index in [1.807, 2.05) is 13.0 Å². The maximum atomic E-state index is 9.73. The van der Waals surface area contributed by atoms with Crippen molar-refractivity contribution < 1.29 is 19.3 Å². The lowest BCUT2D eigenvalue weighted by atomic mass is 9.83. The van der Waals surface area contributed by atoms with Gasteiger partial charge in [-0.1, -0.05) is 18.1 Å². The summed E-state index contributed by atoms with van der Waals surface area (Å²) in [5, 5.41) is 19.4. The first-order valence-electron chi connectivity index (χ1n) is 8.32. The number of hydrogen-bond acceptors (Lipinski definition) is 6. The molecule has 1 heterocycles. The van der Waals surface area contributed by atoms with Crippen LogP contribution in [-0.2, 0) is 0 Å². The Morgan fingerprint density at radius 2 is 2.04 bits per heavy atom. The number of allylic oxidation sites excluding steroid dienone is 1. The minimum atomic E-state index is -0.458. The van der Waals surface area contributed by atoms with Crippen molar-refractivity contribution in [2.45, 2.75) is 12.8 Å². The number of hydrogen-bond donors (Lipinski definition) is 2. The van der Waals surface area contributed by atoms with Crippen molar-refractivity contribution in [3.8, 4) is 41.4 Å². The van der Waals surface area contributed by atoms with E-state index in [2.05, 4.69) is 12.0 Å². The Labute approximate surface area is 157 Å². The van der Waals surface area contributed by atoms with Crippen molar-refractivity contribution in [2.75, 3.05) is 13.2 Å². The quantitative estimate of drug-likeness (QED) is 0.794. The van der Waals surface area contributed by atoms with E-state index in [1.165, 1.54) is 6.07 Å². The Bertz CT molecular complexity index is 983. The number of nitrogens with zero attached hydrogens (tertiary/aromatic N) is 1. The van der Waals surface area contributed by atoms with Crippen LogP contribution in [-0.4, -0.2) is 18.3 Å². The Morgan fingerprint density at radius 1 is 1.22 bits per heavy atom. The molecule has 0 aliphatic carbocycles. The van der Waals surface area contributed by atoms with Crippen molar-refractivity contribution >= 4 is 0 Å². The van der Waals surface area contributed by atoms with Crippen molar-refractivity contribution in [3.05, 3.63) is 59.0 Å². The number of nitrogens with two attached hydrogens (primary N) is 1. The van der Waals surface area contributed by atoms with Crippen molar-refractivity contribution in [1.82, 2.24) is 0 Å². The zero-order valence-corrected chi connectivity index (χ0v) is 14.7. The lowest BCUT2D eigenvalue weighted by molar-refractivity contribution is 0.299. The topological polar surface area (TPSA) is 97.7 Å². The van der Waals surface area contributed by atoms with Gasteiger partial charge in [-0.05, 0) is 30.7 Å². The minimum Gasteiger partial charge on any atom is -0.508 e. The van der Waals surface area contributed by atoms with E-state index in [-0.39, 0.29) is 23.8 Å². The summed E-state index contributed by atoms with van der Waals surface area (Å²) in [5.41, 5.74) is 7.73. The van der Waals surface area contributed by atoms with Gasteiger partial charge in [-0.25, -0.2) is 0 Å². The van der Waals surface area contributed by atoms with Gasteiger partial charge in [-0.2, -0.15) is 5.26 Å². The number of benzene rings is 2. The third-order valence-electron chi connectivity index (χ3n) is 4.11. The van der Waals surface area contributed by atoms with Crippen molar-refractivity contribution in [1.29, 1.82) is 5.26 Å². The molecule has 27 heavy (non-hydrogen) atoms. The predicted octanol–water partition coefficient (Wildman–Crippen LogP) is 3.02. The second kappa shape index (κ2) is 7.63. The van der Waals surface area contributed by atoms with E-state index in [4.69, 9.17) is 26.4 Å². The van der Waals surface area contributed by atoms with E-state index in [9.17, 15) is 10.4 Å². The molecule has 0 saturated carbocycles. The Morgan fingerprint density at radius 3 is 2.74 bits per heavy atom. The SMILES string of the molecule is C#CCOc1ccc([C@H]2C(C#N)=C(N)Oc3cc(O)ccc32)cc1OCC. The highest BCUT2D eigenvalue weighted by atomic mass is 16.5. The van der Waals surface area contributed by atoms with Crippen LogP contribution in [0.4, 0.5) is 0 Å². The normalized spacial score (nSPS) is 15.1. The molecule has 3 rings (SSSR count). The van der Waals surface area contributed by atoms with Gasteiger partial charge in [0, 0.05) is 11.6 Å². The average molecular weight is 362 g/mol. The number of phenols is 1. The second-order valence-corrected chi connectivity index (χ2v) is 5.78. The van der Waals surface area contributed by atoms with Gasteiger partial charge in [0.1, 0.15) is 29.7 Å².